The highest BCUT2D eigenvalue weighted by atomic mass is 16.6. The van der Waals surface area contributed by atoms with Crippen molar-refractivity contribution < 1.29 is 9.84 Å². The first-order chi connectivity index (χ1) is 5.84. The summed E-state index contributed by atoms with van der Waals surface area (Å²) in [7, 11) is 0. The zero-order valence-electron chi connectivity index (χ0n) is 6.86. The molecule has 1 saturated heterocycles. The molecule has 1 aromatic carbocycles. The second-order valence-electron chi connectivity index (χ2n) is 3.16. The van der Waals surface area contributed by atoms with Gasteiger partial charge in [0, 0.05) is 0 Å². The minimum Gasteiger partial charge on any atom is -0.508 e. The number of hydrogen-bond donors (Lipinski definition) is 1. The molecule has 1 atom stereocenters. The Kier molecular flexibility index (Phi) is 2.00. The molecule has 0 bridgehead atoms. The maximum absolute atomic E-state index is 9.02. The van der Waals surface area contributed by atoms with Gasteiger partial charge < -0.3 is 9.84 Å². The highest BCUT2D eigenvalue weighted by Crippen LogP contribution is 2.17. The summed E-state index contributed by atoms with van der Waals surface area (Å²) in [5.74, 6) is 0.335. The Hall–Kier alpha value is -1.02. The van der Waals surface area contributed by atoms with Crippen molar-refractivity contribution in [3.63, 3.8) is 0 Å². The van der Waals surface area contributed by atoms with E-state index in [1.807, 2.05) is 12.1 Å². The van der Waals surface area contributed by atoms with E-state index >= 15 is 0 Å². The van der Waals surface area contributed by atoms with Gasteiger partial charge >= 0.3 is 0 Å². The summed E-state index contributed by atoms with van der Waals surface area (Å²) in [5.41, 5.74) is 1.27. The van der Waals surface area contributed by atoms with Crippen molar-refractivity contribution in [2.24, 2.45) is 0 Å². The van der Waals surface area contributed by atoms with Crippen molar-refractivity contribution in [2.45, 2.75) is 18.9 Å². The van der Waals surface area contributed by atoms with Gasteiger partial charge in [-0.05, 0) is 30.5 Å². The fourth-order valence-corrected chi connectivity index (χ4v) is 1.22. The SMILES string of the molecule is Oc1ccc(CCC2CO2)cc1. The van der Waals surface area contributed by atoms with Gasteiger partial charge in [-0.25, -0.2) is 0 Å². The van der Waals surface area contributed by atoms with E-state index in [4.69, 9.17) is 9.84 Å². The highest BCUT2D eigenvalue weighted by Gasteiger charge is 2.21. The summed E-state index contributed by atoms with van der Waals surface area (Å²) in [6.45, 7) is 0.929. The van der Waals surface area contributed by atoms with Gasteiger partial charge in [0.05, 0.1) is 12.7 Å². The molecule has 0 aromatic heterocycles. The molecular formula is C10H12O2. The van der Waals surface area contributed by atoms with Crippen molar-refractivity contribution in [3.8, 4) is 5.75 Å². The standard InChI is InChI=1S/C10H12O2/c11-9-4-1-8(2-5-9)3-6-10-7-12-10/h1-2,4-5,10-11H,3,6-7H2. The van der Waals surface area contributed by atoms with Gasteiger partial charge in [-0.3, -0.25) is 0 Å². The minimum absolute atomic E-state index is 0.335. The quantitative estimate of drug-likeness (QED) is 0.690. The lowest BCUT2D eigenvalue weighted by molar-refractivity contribution is 0.396. The largest absolute Gasteiger partial charge is 0.508 e. The fourth-order valence-electron chi connectivity index (χ4n) is 1.22. The van der Waals surface area contributed by atoms with Crippen molar-refractivity contribution in [1.82, 2.24) is 0 Å². The van der Waals surface area contributed by atoms with Crippen LogP contribution < -0.4 is 0 Å². The average Bonchev–Trinajstić information content (AvgIpc) is 2.87. The second-order valence-corrected chi connectivity index (χ2v) is 3.16. The molecule has 1 aliphatic heterocycles. The van der Waals surface area contributed by atoms with Gasteiger partial charge in [0.15, 0.2) is 0 Å². The number of aryl methyl sites for hydroxylation is 1. The van der Waals surface area contributed by atoms with Crippen molar-refractivity contribution in [3.05, 3.63) is 29.8 Å². The van der Waals surface area contributed by atoms with E-state index in [-0.39, 0.29) is 0 Å². The summed E-state index contributed by atoms with van der Waals surface area (Å²) in [6.07, 6.45) is 2.65. The molecule has 1 N–H and O–H groups in total. The van der Waals surface area contributed by atoms with Crippen LogP contribution in [0.1, 0.15) is 12.0 Å². The lowest BCUT2D eigenvalue weighted by Crippen LogP contribution is -1.90. The van der Waals surface area contributed by atoms with Gasteiger partial charge in [0.1, 0.15) is 5.75 Å². The van der Waals surface area contributed by atoms with Crippen molar-refractivity contribution in [2.75, 3.05) is 6.61 Å². The molecule has 2 heteroatoms. The molecular weight excluding hydrogens is 152 g/mol. The van der Waals surface area contributed by atoms with Gasteiger partial charge in [-0.1, -0.05) is 12.1 Å². The van der Waals surface area contributed by atoms with Gasteiger partial charge in [0.2, 0.25) is 0 Å². The predicted octanol–water partition coefficient (Wildman–Crippen LogP) is 1.72. The Bertz CT molecular complexity index is 249. The van der Waals surface area contributed by atoms with E-state index in [1.54, 1.807) is 12.1 Å². The monoisotopic (exact) mass is 164 g/mol. The first-order valence-corrected chi connectivity index (χ1v) is 4.24. The Labute approximate surface area is 71.8 Å². The van der Waals surface area contributed by atoms with Crippen molar-refractivity contribution >= 4 is 0 Å². The van der Waals surface area contributed by atoms with E-state index in [1.165, 1.54) is 5.56 Å². The van der Waals surface area contributed by atoms with Crippen molar-refractivity contribution in [1.29, 1.82) is 0 Å². The molecule has 0 aliphatic carbocycles. The van der Waals surface area contributed by atoms with Gasteiger partial charge in [-0.15, -0.1) is 0 Å². The molecule has 2 nitrogen and oxygen atoms in total. The molecule has 1 aliphatic rings. The van der Waals surface area contributed by atoms with Crippen LogP contribution in [0.5, 0.6) is 5.75 Å². The topological polar surface area (TPSA) is 32.8 Å². The summed E-state index contributed by atoms with van der Waals surface area (Å²) in [5, 5.41) is 9.02. The maximum atomic E-state index is 9.02. The van der Waals surface area contributed by atoms with Crippen LogP contribution in [-0.2, 0) is 11.2 Å². The number of aromatic hydroxyl groups is 1. The summed E-state index contributed by atoms with van der Waals surface area (Å²) < 4.78 is 5.10. The Morgan fingerprint density at radius 3 is 2.58 bits per heavy atom. The molecule has 2 rings (SSSR count). The molecule has 12 heavy (non-hydrogen) atoms. The molecule has 1 aromatic rings. The lowest BCUT2D eigenvalue weighted by Gasteiger charge is -1.98. The zero-order valence-corrected chi connectivity index (χ0v) is 6.86. The molecule has 1 unspecified atom stereocenters. The molecule has 0 spiro atoms. The molecule has 1 heterocycles. The zero-order chi connectivity index (χ0) is 8.39. The number of ether oxygens (including phenoxy) is 1. The number of phenols is 1. The Morgan fingerprint density at radius 2 is 2.00 bits per heavy atom. The van der Waals surface area contributed by atoms with E-state index in [9.17, 15) is 0 Å². The number of benzene rings is 1. The summed E-state index contributed by atoms with van der Waals surface area (Å²) in [6, 6.07) is 7.36. The Balaban J connectivity index is 1.89. The van der Waals surface area contributed by atoms with Gasteiger partial charge in [-0.2, -0.15) is 0 Å². The first kappa shape index (κ1) is 7.62. The van der Waals surface area contributed by atoms with Crippen LogP contribution in [0.2, 0.25) is 0 Å². The highest BCUT2D eigenvalue weighted by molar-refractivity contribution is 5.25. The number of phenolic OH excluding ortho intramolecular Hbond substituents is 1. The molecule has 0 radical (unpaired) electrons. The third kappa shape index (κ3) is 1.98. The molecule has 0 saturated carbocycles. The predicted molar refractivity (Wildman–Crippen MR) is 46.2 cm³/mol. The van der Waals surface area contributed by atoms with Gasteiger partial charge in [0.25, 0.3) is 0 Å². The van der Waals surface area contributed by atoms with Crippen LogP contribution >= 0.6 is 0 Å². The lowest BCUT2D eigenvalue weighted by atomic mass is 10.1. The first-order valence-electron chi connectivity index (χ1n) is 4.24. The van der Waals surface area contributed by atoms with E-state index in [0.29, 0.717) is 11.9 Å². The molecule has 1 fully saturated rings. The molecule has 0 amide bonds. The summed E-state index contributed by atoms with van der Waals surface area (Å²) >= 11 is 0. The fraction of sp³-hybridized carbons (Fsp3) is 0.400. The number of hydrogen-bond acceptors (Lipinski definition) is 2. The summed E-state index contributed by atoms with van der Waals surface area (Å²) in [4.78, 5) is 0. The third-order valence-corrected chi connectivity index (χ3v) is 2.09. The van der Waals surface area contributed by atoms with E-state index in [2.05, 4.69) is 0 Å². The van der Waals surface area contributed by atoms with Crippen LogP contribution in [-0.4, -0.2) is 17.8 Å². The second kappa shape index (κ2) is 3.15. The van der Waals surface area contributed by atoms with E-state index in [0.717, 1.165) is 19.4 Å². The van der Waals surface area contributed by atoms with Crippen LogP contribution in [0, 0.1) is 0 Å². The van der Waals surface area contributed by atoms with Crippen LogP contribution in [0.4, 0.5) is 0 Å². The molecule has 64 valence electrons. The van der Waals surface area contributed by atoms with Crippen LogP contribution in [0.3, 0.4) is 0 Å². The Morgan fingerprint density at radius 1 is 1.33 bits per heavy atom. The maximum Gasteiger partial charge on any atom is 0.115 e. The average molecular weight is 164 g/mol. The minimum atomic E-state index is 0.335. The van der Waals surface area contributed by atoms with E-state index < -0.39 is 0 Å². The third-order valence-electron chi connectivity index (χ3n) is 2.09. The van der Waals surface area contributed by atoms with Crippen LogP contribution in [0.15, 0.2) is 24.3 Å². The smallest absolute Gasteiger partial charge is 0.115 e. The van der Waals surface area contributed by atoms with Crippen LogP contribution in [0.25, 0.3) is 0 Å². The number of rotatable bonds is 3. The number of epoxide rings is 1. The normalized spacial score (nSPS) is 20.8.